The van der Waals surface area contributed by atoms with Crippen molar-refractivity contribution in [2.75, 3.05) is 39.3 Å². The first-order chi connectivity index (χ1) is 18.8. The first-order valence-corrected chi connectivity index (χ1v) is 14.0. The monoisotopic (exact) mass is 546 g/mol. The topological polar surface area (TPSA) is 81.1 Å². The van der Waals surface area contributed by atoms with Crippen molar-refractivity contribution in [2.24, 2.45) is 0 Å². The Hall–Kier alpha value is -3.52. The number of benzene rings is 2. The molecule has 1 aromatic heterocycles. The van der Waals surface area contributed by atoms with Gasteiger partial charge in [-0.15, -0.1) is 37.7 Å². The standard InChI is InChI=1S/C32H38N2O4S/c1-5-15-33(16-6-2)19-9-11-23-22-28-30(26-21-24(31(35)36)13-14-27(26)39-28)25(29(23)32(37)38)12-10-20-34(17-7-3)18-8-4/h5-8,13-14,21-22H,1-4,9-12,15-20H2,(H,35,36)(H,37,38). The second kappa shape index (κ2) is 14.6. The molecule has 2 aromatic carbocycles. The Kier molecular flexibility index (Phi) is 11.2. The van der Waals surface area contributed by atoms with Gasteiger partial charge < -0.3 is 10.2 Å². The molecular formula is C32H38N2O4S. The summed E-state index contributed by atoms with van der Waals surface area (Å²) < 4.78 is 1.94. The molecule has 7 heteroatoms. The van der Waals surface area contributed by atoms with Crippen LogP contribution in [0.25, 0.3) is 20.2 Å². The molecule has 1 heterocycles. The van der Waals surface area contributed by atoms with E-state index in [1.807, 2.05) is 36.4 Å². The third-order valence-corrected chi connectivity index (χ3v) is 7.89. The Morgan fingerprint density at radius 3 is 1.85 bits per heavy atom. The molecule has 3 rings (SSSR count). The molecule has 3 aromatic rings. The van der Waals surface area contributed by atoms with Crippen LogP contribution in [-0.4, -0.2) is 71.2 Å². The van der Waals surface area contributed by atoms with Crippen LogP contribution in [0, 0.1) is 0 Å². The van der Waals surface area contributed by atoms with Crippen LogP contribution in [0.2, 0.25) is 0 Å². The lowest BCUT2D eigenvalue weighted by molar-refractivity contribution is 0.0684. The number of carboxylic acids is 2. The zero-order chi connectivity index (χ0) is 28.4. The average molecular weight is 547 g/mol. The van der Waals surface area contributed by atoms with Crippen molar-refractivity contribution < 1.29 is 19.8 Å². The summed E-state index contributed by atoms with van der Waals surface area (Å²) in [6.07, 6.45) is 10.2. The number of hydrogen-bond acceptors (Lipinski definition) is 5. The van der Waals surface area contributed by atoms with E-state index in [2.05, 4.69) is 36.1 Å². The van der Waals surface area contributed by atoms with Gasteiger partial charge in [-0.05, 0) is 74.2 Å². The lowest BCUT2D eigenvalue weighted by atomic mass is 9.90. The summed E-state index contributed by atoms with van der Waals surface area (Å²) in [5, 5.41) is 21.7. The van der Waals surface area contributed by atoms with E-state index >= 15 is 0 Å². The zero-order valence-electron chi connectivity index (χ0n) is 22.5. The van der Waals surface area contributed by atoms with Crippen LogP contribution in [0.4, 0.5) is 0 Å². The highest BCUT2D eigenvalue weighted by Gasteiger charge is 2.23. The fourth-order valence-electron chi connectivity index (χ4n) is 5.14. The summed E-state index contributed by atoms with van der Waals surface area (Å²) in [4.78, 5) is 28.9. The molecule has 0 saturated carbocycles. The number of thiophene rings is 1. The number of nitrogens with zero attached hydrogens (tertiary/aromatic N) is 2. The van der Waals surface area contributed by atoms with Gasteiger partial charge in [0.1, 0.15) is 0 Å². The molecule has 0 amide bonds. The molecule has 0 fully saturated rings. The fraction of sp³-hybridized carbons (Fsp3) is 0.312. The Morgan fingerprint density at radius 2 is 1.33 bits per heavy atom. The highest BCUT2D eigenvalue weighted by molar-refractivity contribution is 7.25. The summed E-state index contributed by atoms with van der Waals surface area (Å²) >= 11 is 1.58. The van der Waals surface area contributed by atoms with Gasteiger partial charge in [0.05, 0.1) is 11.1 Å². The van der Waals surface area contributed by atoms with Crippen LogP contribution in [0.5, 0.6) is 0 Å². The van der Waals surface area contributed by atoms with E-state index in [9.17, 15) is 19.8 Å². The van der Waals surface area contributed by atoms with E-state index < -0.39 is 11.9 Å². The van der Waals surface area contributed by atoms with E-state index in [0.29, 0.717) is 18.4 Å². The molecule has 0 unspecified atom stereocenters. The predicted octanol–water partition coefficient (Wildman–Crippen LogP) is 6.66. The smallest absolute Gasteiger partial charge is 0.336 e. The lowest BCUT2D eigenvalue weighted by Gasteiger charge is -2.21. The lowest BCUT2D eigenvalue weighted by Crippen LogP contribution is -2.26. The van der Waals surface area contributed by atoms with E-state index in [1.54, 1.807) is 23.5 Å². The van der Waals surface area contributed by atoms with Crippen LogP contribution >= 0.6 is 11.3 Å². The summed E-state index contributed by atoms with van der Waals surface area (Å²) in [5.41, 5.74) is 2.15. The van der Waals surface area contributed by atoms with Crippen molar-refractivity contribution in [1.29, 1.82) is 0 Å². The maximum atomic E-state index is 12.8. The molecule has 0 aliphatic rings. The summed E-state index contributed by atoms with van der Waals surface area (Å²) in [5.74, 6) is -1.94. The van der Waals surface area contributed by atoms with Crippen LogP contribution < -0.4 is 0 Å². The largest absolute Gasteiger partial charge is 0.478 e. The van der Waals surface area contributed by atoms with Gasteiger partial charge >= 0.3 is 11.9 Å². The number of carbonyl (C=O) groups is 2. The molecule has 6 nitrogen and oxygen atoms in total. The van der Waals surface area contributed by atoms with Gasteiger partial charge in [-0.25, -0.2) is 9.59 Å². The molecule has 0 aliphatic carbocycles. The Morgan fingerprint density at radius 1 is 0.769 bits per heavy atom. The minimum atomic E-state index is -0.999. The van der Waals surface area contributed by atoms with Gasteiger partial charge in [0.25, 0.3) is 0 Å². The highest BCUT2D eigenvalue weighted by atomic mass is 32.1. The predicted molar refractivity (Wildman–Crippen MR) is 164 cm³/mol. The number of carboxylic acid groups (broad SMARTS) is 2. The summed E-state index contributed by atoms with van der Waals surface area (Å²) in [7, 11) is 0. The normalized spacial score (nSPS) is 11.3. The van der Waals surface area contributed by atoms with Gasteiger partial charge in [0, 0.05) is 46.4 Å². The van der Waals surface area contributed by atoms with Crippen LogP contribution in [0.1, 0.15) is 44.7 Å². The molecule has 0 spiro atoms. The quantitative estimate of drug-likeness (QED) is 0.174. The van der Waals surface area contributed by atoms with Gasteiger partial charge in [0.2, 0.25) is 0 Å². The van der Waals surface area contributed by atoms with Crippen molar-refractivity contribution in [1.82, 2.24) is 9.80 Å². The van der Waals surface area contributed by atoms with E-state index in [0.717, 1.165) is 83.4 Å². The number of hydrogen-bond donors (Lipinski definition) is 2. The second-order valence-corrected chi connectivity index (χ2v) is 10.7. The third-order valence-electron chi connectivity index (χ3n) is 6.78. The molecule has 206 valence electrons. The van der Waals surface area contributed by atoms with Crippen molar-refractivity contribution in [3.63, 3.8) is 0 Å². The SMILES string of the molecule is C=CCN(CC=C)CCCc1cc2sc3ccc(C(=O)O)cc3c2c(CCCN(CC=C)CC=C)c1C(=O)O. The van der Waals surface area contributed by atoms with E-state index in [-0.39, 0.29) is 5.56 Å². The summed E-state index contributed by atoms with van der Waals surface area (Å²) in [6, 6.07) is 7.11. The molecule has 39 heavy (non-hydrogen) atoms. The highest BCUT2D eigenvalue weighted by Crippen LogP contribution is 2.40. The van der Waals surface area contributed by atoms with Crippen LogP contribution in [0.3, 0.4) is 0 Å². The van der Waals surface area contributed by atoms with Gasteiger partial charge in [0.15, 0.2) is 0 Å². The van der Waals surface area contributed by atoms with Crippen molar-refractivity contribution in [3.8, 4) is 0 Å². The molecule has 0 atom stereocenters. The minimum Gasteiger partial charge on any atom is -0.478 e. The minimum absolute atomic E-state index is 0.196. The van der Waals surface area contributed by atoms with Crippen molar-refractivity contribution in [3.05, 3.63) is 97.1 Å². The third kappa shape index (κ3) is 7.53. The summed E-state index contributed by atoms with van der Waals surface area (Å²) in [6.45, 7) is 19.8. The Balaban J connectivity index is 2.08. The van der Waals surface area contributed by atoms with Crippen LogP contribution in [0.15, 0.2) is 74.9 Å². The molecule has 0 aliphatic heterocycles. The number of fused-ring (bicyclic) bond motifs is 3. The van der Waals surface area contributed by atoms with Gasteiger partial charge in [-0.2, -0.15) is 0 Å². The van der Waals surface area contributed by atoms with Crippen molar-refractivity contribution >= 4 is 43.4 Å². The second-order valence-electron chi connectivity index (χ2n) is 9.57. The first-order valence-electron chi connectivity index (χ1n) is 13.2. The number of aromatic carboxylic acids is 2. The van der Waals surface area contributed by atoms with E-state index in [1.165, 1.54) is 0 Å². The van der Waals surface area contributed by atoms with E-state index in [4.69, 9.17) is 0 Å². The number of aryl methyl sites for hydroxylation is 2. The maximum Gasteiger partial charge on any atom is 0.336 e. The Labute approximate surface area is 234 Å². The van der Waals surface area contributed by atoms with Crippen LogP contribution in [-0.2, 0) is 12.8 Å². The van der Waals surface area contributed by atoms with Crippen molar-refractivity contribution in [2.45, 2.75) is 25.7 Å². The van der Waals surface area contributed by atoms with Gasteiger partial charge in [-0.1, -0.05) is 24.3 Å². The molecule has 0 radical (unpaired) electrons. The number of rotatable bonds is 18. The molecule has 0 bridgehead atoms. The molecule has 0 saturated heterocycles. The zero-order valence-corrected chi connectivity index (χ0v) is 23.3. The molecule has 2 N–H and O–H groups in total. The molecular weight excluding hydrogens is 508 g/mol. The average Bonchev–Trinajstić information content (AvgIpc) is 3.26. The fourth-order valence-corrected chi connectivity index (χ4v) is 6.32. The first kappa shape index (κ1) is 30.0. The van der Waals surface area contributed by atoms with Gasteiger partial charge in [-0.3, -0.25) is 9.80 Å². The maximum absolute atomic E-state index is 12.8. The Bertz CT molecular complexity index is 1350.